The van der Waals surface area contributed by atoms with Crippen LogP contribution in [-0.4, -0.2) is 39.6 Å². The number of hydrogen-bond acceptors (Lipinski definition) is 7. The predicted octanol–water partition coefficient (Wildman–Crippen LogP) is 5.02. The lowest BCUT2D eigenvalue weighted by Gasteiger charge is -2.44. The number of nitro benzene ring substituents is 1. The minimum Gasteiger partial charge on any atom is -0.486 e. The number of Topliss-reactive ketones (excluding diaryl/α,β-unsaturated/α-hetero) is 1. The smallest absolute Gasteiger partial charge is 0.270 e. The molecule has 1 spiro atoms. The fraction of sp³-hybridized carbons (Fsp3) is 0.292. The van der Waals surface area contributed by atoms with Gasteiger partial charge in [-0.3, -0.25) is 14.9 Å². The van der Waals surface area contributed by atoms with Crippen LogP contribution in [0.5, 0.6) is 5.75 Å². The average Bonchev–Trinajstić information content (AvgIpc) is 2.81. The summed E-state index contributed by atoms with van der Waals surface area (Å²) in [6.07, 6.45) is 1.72. The Labute approximate surface area is 195 Å². The van der Waals surface area contributed by atoms with Crippen LogP contribution in [0.15, 0.2) is 48.5 Å². The number of aryl methyl sites for hydroxylation is 1. The molecule has 0 N–H and O–H groups in total. The predicted molar refractivity (Wildman–Crippen MR) is 124 cm³/mol. The number of anilines is 1. The summed E-state index contributed by atoms with van der Waals surface area (Å²) >= 11 is 6.13. The number of aromatic nitrogens is 2. The van der Waals surface area contributed by atoms with Crippen LogP contribution in [0.3, 0.4) is 0 Å². The molecule has 1 saturated heterocycles. The quantitative estimate of drug-likeness (QED) is 0.396. The molecule has 2 aromatic carbocycles. The summed E-state index contributed by atoms with van der Waals surface area (Å²) < 4.78 is 6.41. The number of rotatable bonds is 3. The largest absolute Gasteiger partial charge is 0.486 e. The van der Waals surface area contributed by atoms with Gasteiger partial charge in [-0.05, 0) is 36.8 Å². The van der Waals surface area contributed by atoms with E-state index >= 15 is 0 Å². The average molecular weight is 465 g/mol. The molecule has 3 aromatic rings. The first-order valence-corrected chi connectivity index (χ1v) is 11.1. The van der Waals surface area contributed by atoms with Gasteiger partial charge in [-0.1, -0.05) is 23.7 Å². The minimum absolute atomic E-state index is 0.0146. The van der Waals surface area contributed by atoms with Crippen LogP contribution in [0.1, 0.15) is 35.2 Å². The van der Waals surface area contributed by atoms with E-state index in [0.29, 0.717) is 59.9 Å². The molecule has 0 bridgehead atoms. The summed E-state index contributed by atoms with van der Waals surface area (Å²) in [6.45, 7) is 3.27. The molecule has 33 heavy (non-hydrogen) atoms. The standard InChI is InChI=1S/C24H21ClN4O4/c1-15-11-17(25)13-19-21(30)14-24(33-23(15)19)7-9-28(10-8-24)22-6-5-20(26-27-22)16-3-2-4-18(12-16)29(31)32/h2-6,11-13H,7-10,14H2,1H3. The maximum Gasteiger partial charge on any atom is 0.270 e. The fourth-order valence-electron chi connectivity index (χ4n) is 4.56. The maximum atomic E-state index is 12.8. The fourth-order valence-corrected chi connectivity index (χ4v) is 4.83. The number of non-ortho nitro benzene ring substituents is 1. The highest BCUT2D eigenvalue weighted by molar-refractivity contribution is 6.31. The van der Waals surface area contributed by atoms with Gasteiger partial charge >= 0.3 is 0 Å². The summed E-state index contributed by atoms with van der Waals surface area (Å²) in [5, 5.41) is 20.2. The number of halogens is 1. The van der Waals surface area contributed by atoms with E-state index in [1.807, 2.05) is 25.1 Å². The van der Waals surface area contributed by atoms with Crippen LogP contribution in [-0.2, 0) is 0 Å². The third kappa shape index (κ3) is 4.02. The van der Waals surface area contributed by atoms with Crippen molar-refractivity contribution in [2.45, 2.75) is 31.8 Å². The van der Waals surface area contributed by atoms with E-state index in [2.05, 4.69) is 15.1 Å². The molecule has 5 rings (SSSR count). The van der Waals surface area contributed by atoms with Crippen molar-refractivity contribution in [3.63, 3.8) is 0 Å². The molecule has 9 heteroatoms. The van der Waals surface area contributed by atoms with Crippen LogP contribution in [0.2, 0.25) is 5.02 Å². The van der Waals surface area contributed by atoms with Crippen molar-refractivity contribution in [1.82, 2.24) is 10.2 Å². The van der Waals surface area contributed by atoms with E-state index < -0.39 is 10.5 Å². The molecule has 0 radical (unpaired) electrons. The Balaban J connectivity index is 1.30. The number of nitro groups is 1. The molecule has 2 aliphatic rings. The Bertz CT molecular complexity index is 1250. The highest BCUT2D eigenvalue weighted by atomic mass is 35.5. The second kappa shape index (κ2) is 8.12. The normalized spacial score (nSPS) is 16.9. The number of benzene rings is 2. The van der Waals surface area contributed by atoms with Gasteiger partial charge in [-0.25, -0.2) is 0 Å². The monoisotopic (exact) mass is 464 g/mol. The maximum absolute atomic E-state index is 12.8. The zero-order chi connectivity index (χ0) is 23.2. The summed E-state index contributed by atoms with van der Waals surface area (Å²) in [6, 6.07) is 13.5. The lowest BCUT2D eigenvalue weighted by atomic mass is 9.82. The molecule has 8 nitrogen and oxygen atoms in total. The van der Waals surface area contributed by atoms with Gasteiger partial charge in [0.25, 0.3) is 5.69 Å². The van der Waals surface area contributed by atoms with Gasteiger partial charge in [-0.15, -0.1) is 10.2 Å². The Morgan fingerprint density at radius 1 is 1.12 bits per heavy atom. The molecule has 168 valence electrons. The molecule has 1 fully saturated rings. The highest BCUT2D eigenvalue weighted by Gasteiger charge is 2.43. The number of carbonyl (C=O) groups is 1. The van der Waals surface area contributed by atoms with Gasteiger partial charge < -0.3 is 9.64 Å². The van der Waals surface area contributed by atoms with Gasteiger partial charge in [0.2, 0.25) is 0 Å². The first-order valence-electron chi connectivity index (χ1n) is 10.7. The summed E-state index contributed by atoms with van der Waals surface area (Å²) in [5.74, 6) is 1.44. The molecule has 2 aliphatic heterocycles. The van der Waals surface area contributed by atoms with E-state index in [9.17, 15) is 14.9 Å². The third-order valence-electron chi connectivity index (χ3n) is 6.34. The Hall–Kier alpha value is -3.52. The molecule has 0 aliphatic carbocycles. The van der Waals surface area contributed by atoms with Crippen LogP contribution >= 0.6 is 11.6 Å². The SMILES string of the molecule is Cc1cc(Cl)cc2c1OC1(CCN(c3ccc(-c4cccc([N+](=O)[O-])c4)nn3)CC1)CC2=O. The Morgan fingerprint density at radius 3 is 2.61 bits per heavy atom. The summed E-state index contributed by atoms with van der Waals surface area (Å²) in [5.41, 5.74) is 2.15. The zero-order valence-electron chi connectivity index (χ0n) is 18.0. The molecular weight excluding hydrogens is 444 g/mol. The van der Waals surface area contributed by atoms with Gasteiger partial charge in [0, 0.05) is 48.6 Å². The number of ether oxygens (including phenoxy) is 1. The summed E-state index contributed by atoms with van der Waals surface area (Å²) in [4.78, 5) is 25.5. The second-order valence-electron chi connectivity index (χ2n) is 8.56. The van der Waals surface area contributed by atoms with Crippen molar-refractivity contribution >= 4 is 28.9 Å². The van der Waals surface area contributed by atoms with Gasteiger partial charge in [0.15, 0.2) is 11.6 Å². The van der Waals surface area contributed by atoms with Crippen molar-refractivity contribution in [3.05, 3.63) is 74.8 Å². The first-order chi connectivity index (χ1) is 15.8. The number of carbonyl (C=O) groups excluding carboxylic acids is 1. The molecule has 1 aromatic heterocycles. The van der Waals surface area contributed by atoms with Gasteiger partial charge in [0.05, 0.1) is 22.6 Å². The summed E-state index contributed by atoms with van der Waals surface area (Å²) in [7, 11) is 0. The first kappa shape index (κ1) is 21.3. The van der Waals surface area contributed by atoms with E-state index in [0.717, 1.165) is 11.4 Å². The zero-order valence-corrected chi connectivity index (χ0v) is 18.7. The topological polar surface area (TPSA) is 98.5 Å². The highest BCUT2D eigenvalue weighted by Crippen LogP contribution is 2.42. The molecule has 0 atom stereocenters. The number of piperidine rings is 1. The van der Waals surface area contributed by atoms with Crippen molar-refractivity contribution in [2.75, 3.05) is 18.0 Å². The third-order valence-corrected chi connectivity index (χ3v) is 6.56. The number of ketones is 1. The Kier molecular flexibility index (Phi) is 5.25. The van der Waals surface area contributed by atoms with Crippen LogP contribution in [0.25, 0.3) is 11.3 Å². The van der Waals surface area contributed by atoms with Gasteiger partial charge in [0.1, 0.15) is 11.4 Å². The number of hydrogen-bond donors (Lipinski definition) is 0. The van der Waals surface area contributed by atoms with Crippen LogP contribution in [0.4, 0.5) is 11.5 Å². The second-order valence-corrected chi connectivity index (χ2v) is 8.99. The van der Waals surface area contributed by atoms with Crippen molar-refractivity contribution in [2.24, 2.45) is 0 Å². The van der Waals surface area contributed by atoms with Crippen molar-refractivity contribution in [1.29, 1.82) is 0 Å². The number of nitrogens with zero attached hydrogens (tertiary/aromatic N) is 4. The number of fused-ring (bicyclic) bond motifs is 1. The molecule has 0 amide bonds. The molecule has 0 unspecified atom stereocenters. The molecule has 3 heterocycles. The van der Waals surface area contributed by atoms with E-state index in [-0.39, 0.29) is 11.5 Å². The van der Waals surface area contributed by atoms with Crippen LogP contribution < -0.4 is 9.64 Å². The Morgan fingerprint density at radius 2 is 1.91 bits per heavy atom. The lowest BCUT2D eigenvalue weighted by Crippen LogP contribution is -2.51. The van der Waals surface area contributed by atoms with E-state index in [4.69, 9.17) is 16.3 Å². The van der Waals surface area contributed by atoms with Crippen LogP contribution in [0, 0.1) is 17.0 Å². The van der Waals surface area contributed by atoms with Crippen molar-refractivity contribution in [3.8, 4) is 17.0 Å². The lowest BCUT2D eigenvalue weighted by molar-refractivity contribution is -0.384. The van der Waals surface area contributed by atoms with Crippen molar-refractivity contribution < 1.29 is 14.5 Å². The van der Waals surface area contributed by atoms with Gasteiger partial charge in [-0.2, -0.15) is 0 Å². The van der Waals surface area contributed by atoms with E-state index in [1.54, 1.807) is 18.2 Å². The van der Waals surface area contributed by atoms with E-state index in [1.165, 1.54) is 12.1 Å². The minimum atomic E-state index is -0.518. The molecule has 0 saturated carbocycles. The molecular formula is C24H21ClN4O4.